The normalized spacial score (nSPS) is 18.4. The number of hydrogen-bond acceptors (Lipinski definition) is 3. The minimum absolute atomic E-state index is 0.0698. The lowest BCUT2D eigenvalue weighted by molar-refractivity contribution is 0.100. The molecule has 1 aliphatic heterocycles. The Hall–Kier alpha value is -1.71. The van der Waals surface area contributed by atoms with Crippen LogP contribution in [-0.2, 0) is 0 Å². The van der Waals surface area contributed by atoms with Gasteiger partial charge in [-0.15, -0.1) is 0 Å². The molecular formula is C13H19N3O. The van der Waals surface area contributed by atoms with Gasteiger partial charge in [-0.25, -0.2) is 0 Å². The topological polar surface area (TPSA) is 72.3 Å². The van der Waals surface area contributed by atoms with E-state index in [9.17, 15) is 4.79 Å². The van der Waals surface area contributed by atoms with Crippen molar-refractivity contribution in [3.05, 3.63) is 23.8 Å². The van der Waals surface area contributed by atoms with Crippen LogP contribution in [0.3, 0.4) is 0 Å². The first kappa shape index (κ1) is 11.8. The molecule has 4 nitrogen and oxygen atoms in total. The Balaban J connectivity index is 2.48. The van der Waals surface area contributed by atoms with Gasteiger partial charge in [-0.3, -0.25) is 4.79 Å². The quantitative estimate of drug-likeness (QED) is 0.764. The summed E-state index contributed by atoms with van der Waals surface area (Å²) in [5.74, 6) is -0.421. The van der Waals surface area contributed by atoms with E-state index in [4.69, 9.17) is 11.5 Å². The van der Waals surface area contributed by atoms with Crippen molar-refractivity contribution in [1.29, 1.82) is 0 Å². The van der Waals surface area contributed by atoms with Crippen molar-refractivity contribution >= 4 is 17.3 Å². The van der Waals surface area contributed by atoms with Gasteiger partial charge in [-0.1, -0.05) is 0 Å². The van der Waals surface area contributed by atoms with Crippen LogP contribution >= 0.6 is 0 Å². The number of primary amides is 1. The zero-order chi connectivity index (χ0) is 12.6. The van der Waals surface area contributed by atoms with Gasteiger partial charge in [-0.05, 0) is 44.9 Å². The molecule has 1 heterocycles. The summed E-state index contributed by atoms with van der Waals surface area (Å²) in [6.45, 7) is 5.32. The van der Waals surface area contributed by atoms with Crippen molar-refractivity contribution < 1.29 is 4.79 Å². The van der Waals surface area contributed by atoms with E-state index >= 15 is 0 Å². The van der Waals surface area contributed by atoms with Crippen LogP contribution in [0.1, 0.15) is 37.0 Å². The van der Waals surface area contributed by atoms with Gasteiger partial charge < -0.3 is 16.4 Å². The Bertz CT molecular complexity index is 454. The smallest absolute Gasteiger partial charge is 0.250 e. The SMILES string of the molecule is CC1(C)CCCN1c1ccc(N)cc1C(N)=O. The van der Waals surface area contributed by atoms with Crippen LogP contribution in [0.5, 0.6) is 0 Å². The molecule has 0 spiro atoms. The fourth-order valence-electron chi connectivity index (χ4n) is 2.54. The summed E-state index contributed by atoms with van der Waals surface area (Å²) in [6, 6.07) is 5.37. The molecule has 0 atom stereocenters. The number of amides is 1. The minimum atomic E-state index is -0.421. The van der Waals surface area contributed by atoms with Crippen molar-refractivity contribution in [1.82, 2.24) is 0 Å². The number of carbonyl (C=O) groups is 1. The summed E-state index contributed by atoms with van der Waals surface area (Å²) < 4.78 is 0. The van der Waals surface area contributed by atoms with Crippen LogP contribution in [0.25, 0.3) is 0 Å². The lowest BCUT2D eigenvalue weighted by Crippen LogP contribution is -2.39. The molecule has 4 N–H and O–H groups in total. The molecule has 4 heteroatoms. The zero-order valence-corrected chi connectivity index (χ0v) is 10.4. The van der Waals surface area contributed by atoms with E-state index in [1.165, 1.54) is 0 Å². The van der Waals surface area contributed by atoms with E-state index in [1.807, 2.05) is 12.1 Å². The van der Waals surface area contributed by atoms with Crippen molar-refractivity contribution in [3.63, 3.8) is 0 Å². The van der Waals surface area contributed by atoms with Crippen LogP contribution in [0.2, 0.25) is 0 Å². The third-order valence-electron chi connectivity index (χ3n) is 3.48. The highest BCUT2D eigenvalue weighted by Crippen LogP contribution is 2.35. The van der Waals surface area contributed by atoms with Crippen molar-refractivity contribution in [2.24, 2.45) is 5.73 Å². The van der Waals surface area contributed by atoms with Gasteiger partial charge in [0, 0.05) is 17.8 Å². The highest BCUT2D eigenvalue weighted by atomic mass is 16.1. The third kappa shape index (κ3) is 2.07. The minimum Gasteiger partial charge on any atom is -0.399 e. The standard InChI is InChI=1S/C13H19N3O/c1-13(2)6-3-7-16(13)11-5-4-9(14)8-10(11)12(15)17/h4-5,8H,3,6-7,14H2,1-2H3,(H2,15,17). The maximum Gasteiger partial charge on any atom is 0.250 e. The second-order valence-electron chi connectivity index (χ2n) is 5.21. The van der Waals surface area contributed by atoms with E-state index in [0.717, 1.165) is 25.1 Å². The maximum atomic E-state index is 11.5. The molecule has 0 aromatic heterocycles. The van der Waals surface area contributed by atoms with Crippen LogP contribution in [0.15, 0.2) is 18.2 Å². The van der Waals surface area contributed by atoms with Gasteiger partial charge in [0.05, 0.1) is 11.3 Å². The van der Waals surface area contributed by atoms with Gasteiger partial charge in [0.1, 0.15) is 0 Å². The van der Waals surface area contributed by atoms with E-state index in [-0.39, 0.29) is 5.54 Å². The van der Waals surface area contributed by atoms with Crippen LogP contribution < -0.4 is 16.4 Å². The van der Waals surface area contributed by atoms with E-state index in [2.05, 4.69) is 18.7 Å². The summed E-state index contributed by atoms with van der Waals surface area (Å²) in [4.78, 5) is 13.7. The molecule has 1 aliphatic rings. The molecule has 0 bridgehead atoms. The lowest BCUT2D eigenvalue weighted by atomic mass is 10.00. The Morgan fingerprint density at radius 3 is 2.65 bits per heavy atom. The number of rotatable bonds is 2. The van der Waals surface area contributed by atoms with Crippen molar-refractivity contribution in [2.45, 2.75) is 32.2 Å². The number of hydrogen-bond donors (Lipinski definition) is 2. The molecular weight excluding hydrogens is 214 g/mol. The number of carbonyl (C=O) groups excluding carboxylic acids is 1. The highest BCUT2D eigenvalue weighted by Gasteiger charge is 2.33. The Kier molecular flexibility index (Phi) is 2.73. The Morgan fingerprint density at radius 1 is 1.41 bits per heavy atom. The first-order chi connectivity index (χ1) is 7.92. The molecule has 1 aromatic rings. The first-order valence-corrected chi connectivity index (χ1v) is 5.89. The molecule has 1 saturated heterocycles. The average molecular weight is 233 g/mol. The van der Waals surface area contributed by atoms with Gasteiger partial charge in [0.15, 0.2) is 0 Å². The fraction of sp³-hybridized carbons (Fsp3) is 0.462. The van der Waals surface area contributed by atoms with Gasteiger partial charge in [-0.2, -0.15) is 0 Å². The van der Waals surface area contributed by atoms with Crippen LogP contribution in [0.4, 0.5) is 11.4 Å². The molecule has 0 saturated carbocycles. The van der Waals surface area contributed by atoms with Crippen molar-refractivity contribution in [3.8, 4) is 0 Å². The first-order valence-electron chi connectivity index (χ1n) is 5.89. The predicted octanol–water partition coefficient (Wildman–Crippen LogP) is 1.75. The number of nitrogens with two attached hydrogens (primary N) is 2. The summed E-state index contributed by atoms with van der Waals surface area (Å²) in [5.41, 5.74) is 13.2. The Morgan fingerprint density at radius 2 is 2.12 bits per heavy atom. The zero-order valence-electron chi connectivity index (χ0n) is 10.4. The largest absolute Gasteiger partial charge is 0.399 e. The monoisotopic (exact) mass is 233 g/mol. The van der Waals surface area contributed by atoms with Crippen LogP contribution in [0, 0.1) is 0 Å². The van der Waals surface area contributed by atoms with E-state index < -0.39 is 5.91 Å². The molecule has 1 fully saturated rings. The highest BCUT2D eigenvalue weighted by molar-refractivity contribution is 5.99. The maximum absolute atomic E-state index is 11.5. The lowest BCUT2D eigenvalue weighted by Gasteiger charge is -2.34. The van der Waals surface area contributed by atoms with Gasteiger partial charge in [0.25, 0.3) is 5.91 Å². The predicted molar refractivity (Wildman–Crippen MR) is 70.0 cm³/mol. The van der Waals surface area contributed by atoms with Crippen LogP contribution in [-0.4, -0.2) is 18.0 Å². The number of nitrogens with zero attached hydrogens (tertiary/aromatic N) is 1. The summed E-state index contributed by atoms with van der Waals surface area (Å²) in [6.07, 6.45) is 2.26. The van der Waals surface area contributed by atoms with Gasteiger partial charge in [0.2, 0.25) is 0 Å². The molecule has 1 amide bonds. The molecule has 17 heavy (non-hydrogen) atoms. The average Bonchev–Trinajstić information content (AvgIpc) is 2.58. The third-order valence-corrected chi connectivity index (χ3v) is 3.48. The second-order valence-corrected chi connectivity index (χ2v) is 5.21. The molecule has 1 aromatic carbocycles. The van der Waals surface area contributed by atoms with Crippen molar-refractivity contribution in [2.75, 3.05) is 17.2 Å². The van der Waals surface area contributed by atoms with E-state index in [1.54, 1.807) is 6.07 Å². The summed E-state index contributed by atoms with van der Waals surface area (Å²) in [7, 11) is 0. The molecule has 2 rings (SSSR count). The fourth-order valence-corrected chi connectivity index (χ4v) is 2.54. The second kappa shape index (κ2) is 3.95. The van der Waals surface area contributed by atoms with Gasteiger partial charge >= 0.3 is 0 Å². The summed E-state index contributed by atoms with van der Waals surface area (Å²) in [5, 5.41) is 0. The summed E-state index contributed by atoms with van der Waals surface area (Å²) >= 11 is 0. The molecule has 0 unspecified atom stereocenters. The number of benzene rings is 1. The molecule has 92 valence electrons. The van der Waals surface area contributed by atoms with E-state index in [0.29, 0.717) is 11.3 Å². The Labute approximate surface area is 102 Å². The number of anilines is 2. The molecule has 0 aliphatic carbocycles. The molecule has 0 radical (unpaired) electrons. The number of nitrogen functional groups attached to an aromatic ring is 1.